The van der Waals surface area contributed by atoms with Crippen LogP contribution in [0.5, 0.6) is 0 Å². The summed E-state index contributed by atoms with van der Waals surface area (Å²) < 4.78 is 0. The molecule has 2 aromatic carbocycles. The van der Waals surface area contributed by atoms with Crippen LogP contribution in [0.2, 0.25) is 0 Å². The van der Waals surface area contributed by atoms with E-state index in [1.54, 1.807) is 54.7 Å². The first-order valence-corrected chi connectivity index (χ1v) is 9.07. The van der Waals surface area contributed by atoms with Crippen molar-refractivity contribution in [3.05, 3.63) is 89.2 Å². The van der Waals surface area contributed by atoms with Crippen molar-refractivity contribution in [2.75, 3.05) is 11.1 Å². The van der Waals surface area contributed by atoms with Crippen LogP contribution in [0.25, 0.3) is 0 Å². The first-order valence-electron chi connectivity index (χ1n) is 9.07. The number of benzene rings is 2. The van der Waals surface area contributed by atoms with Gasteiger partial charge in [-0.3, -0.25) is 19.4 Å². The molecule has 0 aliphatic rings. The van der Waals surface area contributed by atoms with Crippen LogP contribution < -0.4 is 11.1 Å². The van der Waals surface area contributed by atoms with Gasteiger partial charge in [-0.25, -0.2) is 5.06 Å². The minimum atomic E-state index is -0.259. The summed E-state index contributed by atoms with van der Waals surface area (Å²) in [5.74, 6) is -0.259. The fourth-order valence-electron chi connectivity index (χ4n) is 2.68. The summed E-state index contributed by atoms with van der Waals surface area (Å²) in [6.07, 6.45) is 2.34. The molecular formula is C22H22N4O3. The van der Waals surface area contributed by atoms with Gasteiger partial charge in [0, 0.05) is 23.0 Å². The third-order valence-electron chi connectivity index (χ3n) is 4.38. The van der Waals surface area contributed by atoms with E-state index in [9.17, 15) is 9.59 Å². The van der Waals surface area contributed by atoms with Crippen molar-refractivity contribution in [3.63, 3.8) is 0 Å². The van der Waals surface area contributed by atoms with Gasteiger partial charge in [0.25, 0.3) is 5.91 Å². The summed E-state index contributed by atoms with van der Waals surface area (Å²) in [5.41, 5.74) is 9.99. The number of hydroxylamine groups is 2. The summed E-state index contributed by atoms with van der Waals surface area (Å²) in [6, 6.07) is 17.7. The van der Waals surface area contributed by atoms with Crippen molar-refractivity contribution < 1.29 is 14.4 Å². The van der Waals surface area contributed by atoms with Gasteiger partial charge in [-0.05, 0) is 42.8 Å². The zero-order valence-electron chi connectivity index (χ0n) is 16.0. The highest BCUT2D eigenvalue weighted by molar-refractivity contribution is 6.05. The molecule has 0 radical (unpaired) electrons. The summed E-state index contributed by atoms with van der Waals surface area (Å²) in [6.45, 7) is 2.39. The lowest BCUT2D eigenvalue weighted by atomic mass is 10.1. The highest BCUT2D eigenvalue weighted by Crippen LogP contribution is 2.18. The summed E-state index contributed by atoms with van der Waals surface area (Å²) in [5, 5.41) is 3.99. The van der Waals surface area contributed by atoms with Crippen molar-refractivity contribution in [2.24, 2.45) is 0 Å². The van der Waals surface area contributed by atoms with Gasteiger partial charge >= 0.3 is 0 Å². The molecule has 3 aromatic rings. The highest BCUT2D eigenvalue weighted by atomic mass is 16.7. The second-order valence-electron chi connectivity index (χ2n) is 6.44. The Morgan fingerprint density at radius 1 is 1.14 bits per heavy atom. The lowest BCUT2D eigenvalue weighted by Crippen LogP contribution is -2.22. The number of nitrogen functional groups attached to an aromatic ring is 1. The van der Waals surface area contributed by atoms with Crippen LogP contribution in [-0.4, -0.2) is 22.4 Å². The van der Waals surface area contributed by atoms with Gasteiger partial charge in [0.1, 0.15) is 6.61 Å². The minimum Gasteiger partial charge on any atom is -0.397 e. The zero-order chi connectivity index (χ0) is 20.6. The fraction of sp³-hybridized carbons (Fsp3) is 0.136. The van der Waals surface area contributed by atoms with E-state index in [2.05, 4.69) is 10.3 Å². The van der Waals surface area contributed by atoms with Crippen molar-refractivity contribution in [1.29, 1.82) is 0 Å². The van der Waals surface area contributed by atoms with Gasteiger partial charge in [0.05, 0.1) is 17.9 Å². The number of aryl methyl sites for hydroxylation is 1. The number of pyridine rings is 1. The topological polar surface area (TPSA) is 97.5 Å². The number of rotatable bonds is 8. The van der Waals surface area contributed by atoms with Crippen molar-refractivity contribution in [3.8, 4) is 0 Å². The number of nitrogens with one attached hydrogen (secondary N) is 1. The number of hydrogen-bond donors (Lipinski definition) is 2. The van der Waals surface area contributed by atoms with Crippen molar-refractivity contribution >= 4 is 23.7 Å². The molecule has 0 unspecified atom stereocenters. The van der Waals surface area contributed by atoms with Crippen LogP contribution in [0.4, 0.5) is 11.4 Å². The van der Waals surface area contributed by atoms with Crippen LogP contribution in [0.15, 0.2) is 66.9 Å². The molecule has 0 aliphatic carbocycles. The number of amides is 2. The van der Waals surface area contributed by atoms with Crippen LogP contribution in [-0.2, 0) is 22.8 Å². The normalized spacial score (nSPS) is 10.4. The molecular weight excluding hydrogens is 368 g/mol. The van der Waals surface area contributed by atoms with Crippen LogP contribution >= 0.6 is 0 Å². The smallest absolute Gasteiger partial charge is 0.255 e. The molecule has 0 spiro atoms. The number of carbonyl (C=O) groups is 2. The van der Waals surface area contributed by atoms with E-state index in [4.69, 9.17) is 10.6 Å². The van der Waals surface area contributed by atoms with E-state index >= 15 is 0 Å². The first kappa shape index (κ1) is 20.0. The Morgan fingerprint density at radius 3 is 2.59 bits per heavy atom. The molecule has 1 aromatic heterocycles. The number of nitrogens with zero attached hydrogens (tertiary/aromatic N) is 2. The first-order chi connectivity index (χ1) is 14.1. The van der Waals surface area contributed by atoms with Crippen molar-refractivity contribution in [2.45, 2.75) is 20.1 Å². The molecule has 0 fully saturated rings. The molecule has 0 bridgehead atoms. The Morgan fingerprint density at radius 2 is 1.90 bits per heavy atom. The average Bonchev–Trinajstić information content (AvgIpc) is 2.74. The Labute approximate surface area is 169 Å². The monoisotopic (exact) mass is 390 g/mol. The summed E-state index contributed by atoms with van der Waals surface area (Å²) >= 11 is 0. The Bertz CT molecular complexity index is 989. The predicted octanol–water partition coefficient (Wildman–Crippen LogP) is 3.31. The van der Waals surface area contributed by atoms with Crippen LogP contribution in [0, 0.1) is 6.92 Å². The van der Waals surface area contributed by atoms with Crippen molar-refractivity contribution in [1.82, 2.24) is 10.0 Å². The third-order valence-corrected chi connectivity index (χ3v) is 4.38. The number of para-hydroxylation sites is 2. The number of anilines is 2. The van der Waals surface area contributed by atoms with Gasteiger partial charge in [-0.2, -0.15) is 0 Å². The van der Waals surface area contributed by atoms with Gasteiger partial charge in [-0.1, -0.05) is 30.3 Å². The predicted molar refractivity (Wildman–Crippen MR) is 111 cm³/mol. The Kier molecular flexibility index (Phi) is 6.55. The highest BCUT2D eigenvalue weighted by Gasteiger charge is 2.10. The maximum absolute atomic E-state index is 12.4. The van der Waals surface area contributed by atoms with E-state index in [0.717, 1.165) is 16.8 Å². The summed E-state index contributed by atoms with van der Waals surface area (Å²) in [4.78, 5) is 33.5. The molecule has 0 saturated heterocycles. The van der Waals surface area contributed by atoms with Crippen LogP contribution in [0.1, 0.15) is 27.2 Å². The van der Waals surface area contributed by atoms with Gasteiger partial charge < -0.3 is 11.1 Å². The largest absolute Gasteiger partial charge is 0.397 e. The number of aromatic nitrogens is 1. The fourth-order valence-corrected chi connectivity index (χ4v) is 2.68. The average molecular weight is 390 g/mol. The molecule has 3 N–H and O–H groups in total. The Balaban J connectivity index is 1.58. The van der Waals surface area contributed by atoms with E-state index in [0.29, 0.717) is 23.3 Å². The lowest BCUT2D eigenvalue weighted by molar-refractivity contribution is -0.181. The zero-order valence-corrected chi connectivity index (χ0v) is 16.0. The van der Waals surface area contributed by atoms with Gasteiger partial charge in [0.2, 0.25) is 6.41 Å². The van der Waals surface area contributed by atoms with Gasteiger partial charge in [0.15, 0.2) is 0 Å². The lowest BCUT2D eigenvalue weighted by Gasteiger charge is -2.17. The van der Waals surface area contributed by atoms with E-state index in [-0.39, 0.29) is 19.1 Å². The van der Waals surface area contributed by atoms with Crippen LogP contribution in [0.3, 0.4) is 0 Å². The second kappa shape index (κ2) is 9.48. The number of carbonyl (C=O) groups excluding carboxylic acids is 2. The molecule has 7 heteroatoms. The van der Waals surface area contributed by atoms with E-state index in [1.165, 1.54) is 5.06 Å². The maximum atomic E-state index is 12.4. The molecule has 29 heavy (non-hydrogen) atoms. The van der Waals surface area contributed by atoms with E-state index in [1.807, 2.05) is 19.1 Å². The second-order valence-corrected chi connectivity index (χ2v) is 6.44. The molecule has 2 amide bonds. The quantitative estimate of drug-likeness (QED) is 0.349. The molecule has 1 heterocycles. The molecule has 0 aliphatic heterocycles. The molecule has 0 saturated carbocycles. The molecule has 3 rings (SSSR count). The molecule has 148 valence electrons. The van der Waals surface area contributed by atoms with Gasteiger partial charge in [-0.15, -0.1) is 0 Å². The minimum absolute atomic E-state index is 0.247. The number of hydrogen-bond acceptors (Lipinski definition) is 5. The SMILES string of the molecule is Cc1ncccc1CON(C=O)Cc1ccc(C(=O)Nc2ccccc2N)cc1. The molecule has 0 atom stereocenters. The Hall–Kier alpha value is -3.71. The number of nitrogens with two attached hydrogens (primary N) is 1. The van der Waals surface area contributed by atoms with E-state index < -0.39 is 0 Å². The summed E-state index contributed by atoms with van der Waals surface area (Å²) in [7, 11) is 0. The standard InChI is InChI=1S/C22H22N4O3/c1-16-19(5-4-12-24-16)14-29-26(15-27)13-17-8-10-18(11-9-17)22(28)25-21-7-3-2-6-20(21)23/h2-12,15H,13-14,23H2,1H3,(H,25,28). The maximum Gasteiger partial charge on any atom is 0.255 e. The third kappa shape index (κ3) is 5.40. The molecule has 7 nitrogen and oxygen atoms in total.